The second-order valence-corrected chi connectivity index (χ2v) is 6.52. The highest BCUT2D eigenvalue weighted by atomic mass is 32.1. The quantitative estimate of drug-likeness (QED) is 0.632. The minimum absolute atomic E-state index is 0.116. The van der Waals surface area contributed by atoms with E-state index in [2.05, 4.69) is 0 Å². The molecule has 0 radical (unpaired) electrons. The van der Waals surface area contributed by atoms with Crippen molar-refractivity contribution in [1.29, 1.82) is 0 Å². The van der Waals surface area contributed by atoms with Crippen LogP contribution in [-0.2, 0) is 4.79 Å². The summed E-state index contributed by atoms with van der Waals surface area (Å²) in [4.78, 5) is 27.3. The summed E-state index contributed by atoms with van der Waals surface area (Å²) in [6.45, 7) is 0.732. The van der Waals surface area contributed by atoms with Gasteiger partial charge in [0.25, 0.3) is 5.91 Å². The molecule has 0 saturated carbocycles. The summed E-state index contributed by atoms with van der Waals surface area (Å²) in [6.07, 6.45) is 1.40. The van der Waals surface area contributed by atoms with E-state index >= 15 is 0 Å². The SMILES string of the molecule is O=C(Oc1ccc2c(c1)OCO2)[C@@H]1CCCN1C(=O)c1cccs1. The Labute approximate surface area is 142 Å². The molecule has 1 atom stereocenters. The van der Waals surface area contributed by atoms with Crippen LogP contribution in [0.5, 0.6) is 17.2 Å². The first-order valence-corrected chi connectivity index (χ1v) is 8.56. The van der Waals surface area contributed by atoms with Gasteiger partial charge in [-0.2, -0.15) is 0 Å². The van der Waals surface area contributed by atoms with Crippen molar-refractivity contribution in [1.82, 2.24) is 4.90 Å². The first kappa shape index (κ1) is 15.0. The molecule has 0 aliphatic carbocycles. The van der Waals surface area contributed by atoms with Gasteiger partial charge in [-0.1, -0.05) is 6.07 Å². The molecule has 2 aromatic rings. The zero-order chi connectivity index (χ0) is 16.5. The first-order valence-electron chi connectivity index (χ1n) is 7.68. The zero-order valence-electron chi connectivity index (χ0n) is 12.8. The van der Waals surface area contributed by atoms with Gasteiger partial charge in [0.2, 0.25) is 6.79 Å². The fraction of sp³-hybridized carbons (Fsp3) is 0.294. The van der Waals surface area contributed by atoms with Gasteiger partial charge in [-0.05, 0) is 36.4 Å². The minimum Gasteiger partial charge on any atom is -0.454 e. The molecule has 0 unspecified atom stereocenters. The molecular formula is C17H15NO5S. The molecule has 2 aliphatic rings. The molecule has 1 fully saturated rings. The summed E-state index contributed by atoms with van der Waals surface area (Å²) in [7, 11) is 0. The number of benzene rings is 1. The molecule has 0 bridgehead atoms. The summed E-state index contributed by atoms with van der Waals surface area (Å²) < 4.78 is 16.0. The predicted molar refractivity (Wildman–Crippen MR) is 86.6 cm³/mol. The highest BCUT2D eigenvalue weighted by Gasteiger charge is 2.36. The van der Waals surface area contributed by atoms with E-state index in [1.54, 1.807) is 29.2 Å². The van der Waals surface area contributed by atoms with Crippen LogP contribution >= 0.6 is 11.3 Å². The van der Waals surface area contributed by atoms with Crippen molar-refractivity contribution < 1.29 is 23.8 Å². The number of nitrogens with zero attached hydrogens (tertiary/aromatic N) is 1. The van der Waals surface area contributed by atoms with Gasteiger partial charge in [0, 0.05) is 12.6 Å². The zero-order valence-corrected chi connectivity index (χ0v) is 13.6. The van der Waals surface area contributed by atoms with E-state index in [0.29, 0.717) is 35.1 Å². The molecule has 124 valence electrons. The number of fused-ring (bicyclic) bond motifs is 1. The van der Waals surface area contributed by atoms with Crippen LogP contribution in [0.2, 0.25) is 0 Å². The minimum atomic E-state index is -0.551. The Balaban J connectivity index is 1.48. The number of rotatable bonds is 3. The Morgan fingerprint density at radius 1 is 1.21 bits per heavy atom. The molecular weight excluding hydrogens is 330 g/mol. The maximum atomic E-state index is 12.5. The van der Waals surface area contributed by atoms with Gasteiger partial charge >= 0.3 is 5.97 Å². The average molecular weight is 345 g/mol. The largest absolute Gasteiger partial charge is 0.454 e. The Kier molecular flexibility index (Phi) is 3.86. The topological polar surface area (TPSA) is 65.1 Å². The van der Waals surface area contributed by atoms with Gasteiger partial charge in [0.1, 0.15) is 11.8 Å². The number of likely N-dealkylation sites (tertiary alicyclic amines) is 1. The van der Waals surface area contributed by atoms with Crippen LogP contribution in [0.4, 0.5) is 0 Å². The van der Waals surface area contributed by atoms with Crippen molar-refractivity contribution in [2.24, 2.45) is 0 Å². The summed E-state index contributed by atoms with van der Waals surface area (Å²) in [5.74, 6) is 1.04. The van der Waals surface area contributed by atoms with Gasteiger partial charge < -0.3 is 19.1 Å². The monoisotopic (exact) mass is 345 g/mol. The predicted octanol–water partition coefficient (Wildman–Crippen LogP) is 2.69. The van der Waals surface area contributed by atoms with Crippen molar-refractivity contribution in [3.05, 3.63) is 40.6 Å². The molecule has 0 N–H and O–H groups in total. The normalized spacial score (nSPS) is 18.7. The molecule has 3 heterocycles. The van der Waals surface area contributed by atoms with E-state index < -0.39 is 12.0 Å². The van der Waals surface area contributed by atoms with Crippen molar-refractivity contribution in [2.75, 3.05) is 13.3 Å². The average Bonchev–Trinajstić information content (AvgIpc) is 3.33. The van der Waals surface area contributed by atoms with E-state index in [-0.39, 0.29) is 12.7 Å². The van der Waals surface area contributed by atoms with E-state index in [1.165, 1.54) is 11.3 Å². The lowest BCUT2D eigenvalue weighted by atomic mass is 10.2. The fourth-order valence-electron chi connectivity index (χ4n) is 2.92. The third-order valence-corrected chi connectivity index (χ3v) is 4.94. The van der Waals surface area contributed by atoms with Gasteiger partial charge in [-0.15, -0.1) is 11.3 Å². The second kappa shape index (κ2) is 6.16. The van der Waals surface area contributed by atoms with Gasteiger partial charge in [0.05, 0.1) is 4.88 Å². The second-order valence-electron chi connectivity index (χ2n) is 5.57. The van der Waals surface area contributed by atoms with Crippen LogP contribution in [0, 0.1) is 0 Å². The molecule has 1 aromatic carbocycles. The van der Waals surface area contributed by atoms with E-state index in [4.69, 9.17) is 14.2 Å². The van der Waals surface area contributed by atoms with Crippen LogP contribution in [0.3, 0.4) is 0 Å². The summed E-state index contributed by atoms with van der Waals surface area (Å²) in [5.41, 5.74) is 0. The smallest absolute Gasteiger partial charge is 0.334 e. The van der Waals surface area contributed by atoms with Crippen LogP contribution < -0.4 is 14.2 Å². The van der Waals surface area contributed by atoms with Crippen LogP contribution in [0.1, 0.15) is 22.5 Å². The third kappa shape index (κ3) is 2.71. The van der Waals surface area contributed by atoms with Gasteiger partial charge in [0.15, 0.2) is 11.5 Å². The number of hydrogen-bond donors (Lipinski definition) is 0. The summed E-state index contributed by atoms with van der Waals surface area (Å²) in [5, 5.41) is 1.85. The third-order valence-electron chi connectivity index (χ3n) is 4.08. The lowest BCUT2D eigenvalue weighted by molar-refractivity contribution is -0.138. The lowest BCUT2D eigenvalue weighted by Crippen LogP contribution is -2.42. The van der Waals surface area contributed by atoms with E-state index in [0.717, 1.165) is 6.42 Å². The molecule has 1 aromatic heterocycles. The van der Waals surface area contributed by atoms with E-state index in [1.807, 2.05) is 11.4 Å². The first-order chi connectivity index (χ1) is 11.7. The van der Waals surface area contributed by atoms with E-state index in [9.17, 15) is 9.59 Å². The highest BCUT2D eigenvalue weighted by Crippen LogP contribution is 2.35. The number of thiophene rings is 1. The molecule has 24 heavy (non-hydrogen) atoms. The lowest BCUT2D eigenvalue weighted by Gasteiger charge is -2.22. The Hall–Kier alpha value is -2.54. The Morgan fingerprint density at radius 2 is 2.08 bits per heavy atom. The molecule has 6 nitrogen and oxygen atoms in total. The fourth-order valence-corrected chi connectivity index (χ4v) is 3.60. The van der Waals surface area contributed by atoms with Crippen molar-refractivity contribution >= 4 is 23.2 Å². The maximum absolute atomic E-state index is 12.5. The number of amides is 1. The highest BCUT2D eigenvalue weighted by molar-refractivity contribution is 7.12. The number of carbonyl (C=O) groups is 2. The number of ether oxygens (including phenoxy) is 3. The number of hydrogen-bond acceptors (Lipinski definition) is 6. The maximum Gasteiger partial charge on any atom is 0.334 e. The molecule has 4 rings (SSSR count). The molecule has 2 aliphatic heterocycles. The molecule has 7 heteroatoms. The van der Waals surface area contributed by atoms with Crippen molar-refractivity contribution in [3.8, 4) is 17.2 Å². The molecule has 0 spiro atoms. The summed E-state index contributed by atoms with van der Waals surface area (Å²) >= 11 is 1.38. The van der Waals surface area contributed by atoms with Crippen LogP contribution in [0.25, 0.3) is 0 Å². The van der Waals surface area contributed by atoms with Crippen LogP contribution in [-0.4, -0.2) is 36.2 Å². The number of esters is 1. The van der Waals surface area contributed by atoms with Gasteiger partial charge in [-0.3, -0.25) is 4.79 Å². The van der Waals surface area contributed by atoms with Crippen LogP contribution in [0.15, 0.2) is 35.7 Å². The van der Waals surface area contributed by atoms with Gasteiger partial charge in [-0.25, -0.2) is 4.79 Å². The molecule has 1 amide bonds. The molecule has 1 saturated heterocycles. The standard InChI is InChI=1S/C17H15NO5S/c19-16(15-4-2-8-24-15)18-7-1-3-12(18)17(20)23-11-5-6-13-14(9-11)22-10-21-13/h2,4-6,8-9,12H,1,3,7,10H2/t12-/m0/s1. The van der Waals surface area contributed by atoms with Crippen molar-refractivity contribution in [2.45, 2.75) is 18.9 Å². The Morgan fingerprint density at radius 3 is 2.92 bits per heavy atom. The Bertz CT molecular complexity index is 773. The van der Waals surface area contributed by atoms with Crippen molar-refractivity contribution in [3.63, 3.8) is 0 Å². The summed E-state index contributed by atoms with van der Waals surface area (Å²) in [6, 6.07) is 8.03. The number of carbonyl (C=O) groups excluding carboxylic acids is 2.